The molecule has 0 unspecified atom stereocenters. The molecule has 0 N–H and O–H groups in total. The highest BCUT2D eigenvalue weighted by atomic mass is 14.2. The van der Waals surface area contributed by atoms with Crippen molar-refractivity contribution in [3.63, 3.8) is 0 Å². The van der Waals surface area contributed by atoms with Crippen molar-refractivity contribution in [3.8, 4) is 12.1 Å². The molecule has 0 aliphatic rings. The molecule has 14 heavy (non-hydrogen) atoms. The van der Waals surface area contributed by atoms with Crippen LogP contribution in [0.15, 0.2) is 30.3 Å². The number of hydrogen-bond acceptors (Lipinski definition) is 2. The van der Waals surface area contributed by atoms with Gasteiger partial charge in [-0.1, -0.05) is 36.4 Å². The van der Waals surface area contributed by atoms with E-state index in [1.54, 1.807) is 0 Å². The highest BCUT2D eigenvalue weighted by Gasteiger charge is 1.90. The van der Waals surface area contributed by atoms with Crippen molar-refractivity contribution in [2.75, 3.05) is 0 Å². The van der Waals surface area contributed by atoms with Crippen LogP contribution in [0, 0.1) is 22.7 Å². The molecule has 0 amide bonds. The van der Waals surface area contributed by atoms with Crippen molar-refractivity contribution < 1.29 is 0 Å². The van der Waals surface area contributed by atoms with Gasteiger partial charge in [0.05, 0.1) is 25.0 Å². The minimum Gasteiger partial charge on any atom is -0.198 e. The van der Waals surface area contributed by atoms with Gasteiger partial charge < -0.3 is 0 Å². The second kappa shape index (κ2) is 5.56. The zero-order valence-electron chi connectivity index (χ0n) is 7.77. The van der Waals surface area contributed by atoms with Gasteiger partial charge in [-0.15, -0.1) is 0 Å². The van der Waals surface area contributed by atoms with Gasteiger partial charge in [0.1, 0.15) is 0 Å². The summed E-state index contributed by atoms with van der Waals surface area (Å²) in [6, 6.07) is 11.9. The average molecular weight is 182 g/mol. The highest BCUT2D eigenvalue weighted by Crippen LogP contribution is 2.06. The Morgan fingerprint density at radius 1 is 1.07 bits per heavy atom. The Labute approximate surface area is 83.7 Å². The third-order valence-electron chi connectivity index (χ3n) is 1.78. The first-order chi connectivity index (χ1) is 6.86. The minimum atomic E-state index is 0.431. The van der Waals surface area contributed by atoms with Crippen LogP contribution in [0.1, 0.15) is 17.5 Å². The van der Waals surface area contributed by atoms with Crippen LogP contribution >= 0.6 is 0 Å². The van der Waals surface area contributed by atoms with Gasteiger partial charge in [-0.3, -0.25) is 0 Å². The molecule has 0 spiro atoms. The predicted octanol–water partition coefficient (Wildman–Crippen LogP) is 2.68. The van der Waals surface area contributed by atoms with Gasteiger partial charge in [0.2, 0.25) is 0 Å². The monoisotopic (exact) mass is 182 g/mol. The first-order valence-electron chi connectivity index (χ1n) is 4.36. The molecule has 0 heterocycles. The normalized spacial score (nSPS) is 9.57. The minimum absolute atomic E-state index is 0.431. The third-order valence-corrected chi connectivity index (χ3v) is 1.78. The molecule has 2 heteroatoms. The molecule has 0 atom stereocenters. The summed E-state index contributed by atoms with van der Waals surface area (Å²) in [5, 5.41) is 16.8. The molecule has 2 nitrogen and oxygen atoms in total. The summed E-state index contributed by atoms with van der Waals surface area (Å²) in [6.45, 7) is 0. The Hall–Kier alpha value is -2.06. The summed E-state index contributed by atoms with van der Waals surface area (Å²) in [7, 11) is 0. The molecular formula is C12H10N2. The molecule has 0 radical (unpaired) electrons. The topological polar surface area (TPSA) is 47.6 Å². The van der Waals surface area contributed by atoms with Gasteiger partial charge in [0.15, 0.2) is 0 Å². The Morgan fingerprint density at radius 2 is 1.79 bits per heavy atom. The molecule has 1 aromatic carbocycles. The van der Waals surface area contributed by atoms with Crippen LogP contribution < -0.4 is 0 Å². The first kappa shape index (κ1) is 10.0. The first-order valence-corrected chi connectivity index (χ1v) is 4.36. The van der Waals surface area contributed by atoms with Crippen molar-refractivity contribution in [1.29, 1.82) is 10.5 Å². The maximum atomic E-state index is 8.46. The van der Waals surface area contributed by atoms with Crippen LogP contribution in [0.5, 0.6) is 0 Å². The predicted molar refractivity (Wildman–Crippen MR) is 55.0 cm³/mol. The summed E-state index contributed by atoms with van der Waals surface area (Å²) in [5.74, 6) is 0. The van der Waals surface area contributed by atoms with Gasteiger partial charge in [0.25, 0.3) is 0 Å². The lowest BCUT2D eigenvalue weighted by atomic mass is 10.1. The molecule has 0 fully saturated rings. The maximum absolute atomic E-state index is 8.46. The van der Waals surface area contributed by atoms with Crippen LogP contribution in [-0.2, 0) is 6.42 Å². The summed E-state index contributed by atoms with van der Waals surface area (Å²) in [4.78, 5) is 0. The highest BCUT2D eigenvalue weighted by molar-refractivity contribution is 5.50. The summed E-state index contributed by atoms with van der Waals surface area (Å²) < 4.78 is 0. The van der Waals surface area contributed by atoms with E-state index in [0.717, 1.165) is 11.1 Å². The van der Waals surface area contributed by atoms with E-state index < -0.39 is 0 Å². The molecule has 0 saturated heterocycles. The van der Waals surface area contributed by atoms with Gasteiger partial charge >= 0.3 is 0 Å². The number of nitrogens with zero attached hydrogens (tertiary/aromatic N) is 2. The van der Waals surface area contributed by atoms with Crippen LogP contribution in [0.2, 0.25) is 0 Å². The number of hydrogen-bond donors (Lipinski definition) is 0. The molecular weight excluding hydrogens is 172 g/mol. The van der Waals surface area contributed by atoms with E-state index in [1.165, 1.54) is 0 Å². The lowest BCUT2D eigenvalue weighted by Crippen LogP contribution is -1.80. The lowest BCUT2D eigenvalue weighted by molar-refractivity contribution is 1.26. The van der Waals surface area contributed by atoms with E-state index in [1.807, 2.05) is 42.5 Å². The van der Waals surface area contributed by atoms with E-state index in [-0.39, 0.29) is 0 Å². The Balaban J connectivity index is 2.66. The summed E-state index contributed by atoms with van der Waals surface area (Å²) in [6.07, 6.45) is 4.60. The molecule has 68 valence electrons. The van der Waals surface area contributed by atoms with Crippen molar-refractivity contribution in [2.45, 2.75) is 12.8 Å². The number of nitriles is 2. The number of benzene rings is 1. The number of allylic oxidation sites excluding steroid dienone is 1. The van der Waals surface area contributed by atoms with E-state index >= 15 is 0 Å². The second-order valence-electron chi connectivity index (χ2n) is 2.84. The zero-order chi connectivity index (χ0) is 10.2. The van der Waals surface area contributed by atoms with Crippen molar-refractivity contribution in [3.05, 3.63) is 41.5 Å². The Kier molecular flexibility index (Phi) is 3.98. The maximum Gasteiger partial charge on any atom is 0.0669 e. The molecule has 0 saturated carbocycles. The molecule has 1 aromatic rings. The molecule has 0 aliphatic heterocycles. The fourth-order valence-corrected chi connectivity index (χ4v) is 1.09. The quantitative estimate of drug-likeness (QED) is 0.721. The van der Waals surface area contributed by atoms with Crippen molar-refractivity contribution >= 4 is 6.08 Å². The summed E-state index contributed by atoms with van der Waals surface area (Å²) in [5.41, 5.74) is 2.08. The van der Waals surface area contributed by atoms with E-state index in [0.29, 0.717) is 12.8 Å². The lowest BCUT2D eigenvalue weighted by Gasteiger charge is -1.95. The molecule has 0 aliphatic carbocycles. The second-order valence-corrected chi connectivity index (χ2v) is 2.84. The molecule has 0 aromatic heterocycles. The fraction of sp³-hybridized carbons (Fsp3) is 0.167. The zero-order valence-corrected chi connectivity index (χ0v) is 7.77. The van der Waals surface area contributed by atoms with E-state index in [9.17, 15) is 0 Å². The van der Waals surface area contributed by atoms with Crippen molar-refractivity contribution in [2.24, 2.45) is 0 Å². The third kappa shape index (κ3) is 3.13. The summed E-state index contributed by atoms with van der Waals surface area (Å²) >= 11 is 0. The van der Waals surface area contributed by atoms with Gasteiger partial charge in [-0.25, -0.2) is 0 Å². The van der Waals surface area contributed by atoms with E-state index in [4.69, 9.17) is 10.5 Å². The smallest absolute Gasteiger partial charge is 0.0669 e. The Morgan fingerprint density at radius 3 is 2.36 bits per heavy atom. The molecule has 0 bridgehead atoms. The van der Waals surface area contributed by atoms with E-state index in [2.05, 4.69) is 6.07 Å². The van der Waals surface area contributed by atoms with Crippen LogP contribution in [0.4, 0.5) is 0 Å². The molecule has 1 rings (SSSR count). The largest absolute Gasteiger partial charge is 0.198 e. The van der Waals surface area contributed by atoms with Crippen molar-refractivity contribution in [1.82, 2.24) is 0 Å². The Bertz CT molecular complexity index is 388. The van der Waals surface area contributed by atoms with Crippen LogP contribution in [0.25, 0.3) is 6.08 Å². The standard InChI is InChI=1S/C12H10N2/c13-9-2-1-3-11-4-6-12(7-5-11)8-10-14/h1,3-7H,2,8H2. The van der Waals surface area contributed by atoms with Gasteiger partial charge in [0, 0.05) is 0 Å². The van der Waals surface area contributed by atoms with Gasteiger partial charge in [-0.2, -0.15) is 10.5 Å². The average Bonchev–Trinajstić information content (AvgIpc) is 2.21. The van der Waals surface area contributed by atoms with Crippen LogP contribution in [-0.4, -0.2) is 0 Å². The van der Waals surface area contributed by atoms with Crippen LogP contribution in [0.3, 0.4) is 0 Å². The van der Waals surface area contributed by atoms with Gasteiger partial charge in [-0.05, 0) is 11.1 Å². The number of rotatable bonds is 3. The fourth-order valence-electron chi connectivity index (χ4n) is 1.09. The SMILES string of the molecule is N#CCC=Cc1ccc(CC#N)cc1.